The van der Waals surface area contributed by atoms with Crippen molar-refractivity contribution in [2.75, 3.05) is 13.1 Å². The van der Waals surface area contributed by atoms with Crippen LogP contribution in [0.3, 0.4) is 0 Å². The molecule has 0 amide bonds. The first-order chi connectivity index (χ1) is 8.99. The SMILES string of the molecule is N#Cc1cccc(CN2CCC(C(F)(F)F)CC2)c1. The molecule has 0 saturated carbocycles. The van der Waals surface area contributed by atoms with E-state index in [4.69, 9.17) is 5.26 Å². The van der Waals surface area contributed by atoms with Crippen LogP contribution in [0.2, 0.25) is 0 Å². The Morgan fingerprint density at radius 2 is 1.95 bits per heavy atom. The number of nitriles is 1. The van der Waals surface area contributed by atoms with Gasteiger partial charge in [-0.15, -0.1) is 0 Å². The summed E-state index contributed by atoms with van der Waals surface area (Å²) in [7, 11) is 0. The molecule has 102 valence electrons. The van der Waals surface area contributed by atoms with E-state index in [1.54, 1.807) is 18.2 Å². The second kappa shape index (κ2) is 5.62. The lowest BCUT2D eigenvalue weighted by molar-refractivity contribution is -0.185. The van der Waals surface area contributed by atoms with Gasteiger partial charge in [-0.25, -0.2) is 0 Å². The van der Waals surface area contributed by atoms with Gasteiger partial charge in [0, 0.05) is 6.54 Å². The number of nitrogens with zero attached hydrogens (tertiary/aromatic N) is 2. The highest BCUT2D eigenvalue weighted by Gasteiger charge is 2.40. The van der Waals surface area contributed by atoms with Crippen molar-refractivity contribution in [3.63, 3.8) is 0 Å². The number of likely N-dealkylation sites (tertiary alicyclic amines) is 1. The van der Waals surface area contributed by atoms with Crippen LogP contribution < -0.4 is 0 Å². The van der Waals surface area contributed by atoms with Gasteiger partial charge in [0.1, 0.15) is 0 Å². The first-order valence-corrected chi connectivity index (χ1v) is 6.27. The molecule has 0 aliphatic carbocycles. The molecule has 5 heteroatoms. The molecule has 1 aliphatic rings. The van der Waals surface area contributed by atoms with Crippen molar-refractivity contribution in [2.45, 2.75) is 25.6 Å². The minimum Gasteiger partial charge on any atom is -0.299 e. The largest absolute Gasteiger partial charge is 0.391 e. The van der Waals surface area contributed by atoms with Gasteiger partial charge in [-0.3, -0.25) is 4.90 Å². The fourth-order valence-electron chi connectivity index (χ4n) is 2.42. The van der Waals surface area contributed by atoms with Crippen LogP contribution in [-0.4, -0.2) is 24.2 Å². The van der Waals surface area contributed by atoms with Crippen LogP contribution in [0.4, 0.5) is 13.2 Å². The van der Waals surface area contributed by atoms with Gasteiger partial charge in [-0.05, 0) is 43.6 Å². The molecule has 0 atom stereocenters. The van der Waals surface area contributed by atoms with E-state index >= 15 is 0 Å². The number of rotatable bonds is 2. The average molecular weight is 268 g/mol. The Labute approximate surface area is 110 Å². The fourth-order valence-corrected chi connectivity index (χ4v) is 2.42. The molecule has 0 bridgehead atoms. The second-order valence-corrected chi connectivity index (χ2v) is 4.90. The van der Waals surface area contributed by atoms with Gasteiger partial charge in [0.05, 0.1) is 17.6 Å². The standard InChI is InChI=1S/C14H15F3N2/c15-14(16,17)13-4-6-19(7-5-13)10-12-3-1-2-11(8-12)9-18/h1-3,8,13H,4-7,10H2. The molecule has 19 heavy (non-hydrogen) atoms. The predicted octanol–water partition coefficient (Wildman–Crippen LogP) is 3.33. The number of hydrogen-bond donors (Lipinski definition) is 0. The van der Waals surface area contributed by atoms with Gasteiger partial charge in [-0.2, -0.15) is 18.4 Å². The lowest BCUT2D eigenvalue weighted by Gasteiger charge is -2.32. The summed E-state index contributed by atoms with van der Waals surface area (Å²) in [4.78, 5) is 2.01. The topological polar surface area (TPSA) is 27.0 Å². The van der Waals surface area contributed by atoms with E-state index in [0.717, 1.165) is 5.56 Å². The number of hydrogen-bond acceptors (Lipinski definition) is 2. The Morgan fingerprint density at radius 1 is 1.26 bits per heavy atom. The summed E-state index contributed by atoms with van der Waals surface area (Å²) >= 11 is 0. The smallest absolute Gasteiger partial charge is 0.299 e. The van der Waals surface area contributed by atoms with Gasteiger partial charge >= 0.3 is 6.18 Å². The maximum Gasteiger partial charge on any atom is 0.391 e. The third kappa shape index (κ3) is 3.71. The van der Waals surface area contributed by atoms with Gasteiger partial charge in [-0.1, -0.05) is 12.1 Å². The molecule has 1 heterocycles. The summed E-state index contributed by atoms with van der Waals surface area (Å²) in [6.45, 7) is 1.53. The summed E-state index contributed by atoms with van der Waals surface area (Å²) in [6.07, 6.45) is -3.73. The highest BCUT2D eigenvalue weighted by molar-refractivity contribution is 5.32. The summed E-state index contributed by atoms with van der Waals surface area (Å²) in [5, 5.41) is 8.80. The third-order valence-corrected chi connectivity index (χ3v) is 3.51. The Morgan fingerprint density at radius 3 is 2.53 bits per heavy atom. The normalized spacial score (nSPS) is 18.2. The van der Waals surface area contributed by atoms with Crippen LogP contribution in [0, 0.1) is 17.2 Å². The van der Waals surface area contributed by atoms with E-state index < -0.39 is 12.1 Å². The van der Waals surface area contributed by atoms with Crippen LogP contribution in [0.5, 0.6) is 0 Å². The monoisotopic (exact) mass is 268 g/mol. The molecule has 0 unspecified atom stereocenters. The Bertz CT molecular complexity index is 468. The van der Waals surface area contributed by atoms with E-state index in [1.807, 2.05) is 11.0 Å². The van der Waals surface area contributed by atoms with E-state index in [2.05, 4.69) is 6.07 Å². The van der Waals surface area contributed by atoms with E-state index in [-0.39, 0.29) is 12.8 Å². The summed E-state index contributed by atoms with van der Waals surface area (Å²) < 4.78 is 37.6. The Balaban J connectivity index is 1.91. The first kappa shape index (κ1) is 13.9. The highest BCUT2D eigenvalue weighted by atomic mass is 19.4. The van der Waals surface area contributed by atoms with Gasteiger partial charge in [0.2, 0.25) is 0 Å². The number of benzene rings is 1. The number of piperidine rings is 1. The van der Waals surface area contributed by atoms with Crippen LogP contribution in [0.15, 0.2) is 24.3 Å². The highest BCUT2D eigenvalue weighted by Crippen LogP contribution is 2.34. The zero-order chi connectivity index (χ0) is 13.9. The molecule has 2 rings (SSSR count). The van der Waals surface area contributed by atoms with Crippen LogP contribution in [0.25, 0.3) is 0 Å². The van der Waals surface area contributed by atoms with Crippen LogP contribution in [-0.2, 0) is 6.54 Å². The lowest BCUT2D eigenvalue weighted by Crippen LogP contribution is -2.38. The van der Waals surface area contributed by atoms with Crippen molar-refractivity contribution in [3.05, 3.63) is 35.4 Å². The predicted molar refractivity (Wildman–Crippen MR) is 65.2 cm³/mol. The first-order valence-electron chi connectivity index (χ1n) is 6.27. The molecule has 0 spiro atoms. The minimum absolute atomic E-state index is 0.168. The molecule has 0 radical (unpaired) electrons. The zero-order valence-corrected chi connectivity index (χ0v) is 10.5. The van der Waals surface area contributed by atoms with Crippen molar-refractivity contribution >= 4 is 0 Å². The molecular formula is C14H15F3N2. The van der Waals surface area contributed by atoms with E-state index in [9.17, 15) is 13.2 Å². The van der Waals surface area contributed by atoms with Crippen molar-refractivity contribution in [3.8, 4) is 6.07 Å². The van der Waals surface area contributed by atoms with E-state index in [0.29, 0.717) is 25.2 Å². The van der Waals surface area contributed by atoms with Gasteiger partial charge in [0.25, 0.3) is 0 Å². The molecular weight excluding hydrogens is 253 g/mol. The zero-order valence-electron chi connectivity index (χ0n) is 10.5. The maximum absolute atomic E-state index is 12.5. The second-order valence-electron chi connectivity index (χ2n) is 4.90. The third-order valence-electron chi connectivity index (χ3n) is 3.51. The molecule has 1 aliphatic heterocycles. The van der Waals surface area contributed by atoms with Crippen molar-refractivity contribution in [2.24, 2.45) is 5.92 Å². The molecule has 0 N–H and O–H groups in total. The van der Waals surface area contributed by atoms with Crippen molar-refractivity contribution in [1.82, 2.24) is 4.90 Å². The van der Waals surface area contributed by atoms with E-state index in [1.165, 1.54) is 0 Å². The molecule has 1 aromatic carbocycles. The van der Waals surface area contributed by atoms with Crippen molar-refractivity contribution in [1.29, 1.82) is 5.26 Å². The van der Waals surface area contributed by atoms with Gasteiger partial charge in [0.15, 0.2) is 0 Å². The Hall–Kier alpha value is -1.54. The van der Waals surface area contributed by atoms with Gasteiger partial charge < -0.3 is 0 Å². The lowest BCUT2D eigenvalue weighted by atomic mass is 9.96. The molecule has 2 nitrogen and oxygen atoms in total. The Kier molecular flexibility index (Phi) is 4.11. The molecule has 1 fully saturated rings. The number of halogens is 3. The summed E-state index contributed by atoms with van der Waals surface area (Å²) in [5.74, 6) is -1.16. The summed E-state index contributed by atoms with van der Waals surface area (Å²) in [6, 6.07) is 9.27. The van der Waals surface area contributed by atoms with Crippen LogP contribution >= 0.6 is 0 Å². The maximum atomic E-state index is 12.5. The molecule has 0 aromatic heterocycles. The fraction of sp³-hybridized carbons (Fsp3) is 0.500. The molecule has 1 saturated heterocycles. The minimum atomic E-state index is -4.06. The van der Waals surface area contributed by atoms with Crippen molar-refractivity contribution < 1.29 is 13.2 Å². The van der Waals surface area contributed by atoms with Crippen LogP contribution in [0.1, 0.15) is 24.0 Å². The molecule has 1 aromatic rings. The number of alkyl halides is 3. The quantitative estimate of drug-likeness (QED) is 0.822. The summed E-state index contributed by atoms with van der Waals surface area (Å²) in [5.41, 5.74) is 1.56. The average Bonchev–Trinajstić information content (AvgIpc) is 2.38.